The number of rotatable bonds is 2. The summed E-state index contributed by atoms with van der Waals surface area (Å²) in [4.78, 5) is 4.31. The summed E-state index contributed by atoms with van der Waals surface area (Å²) < 4.78 is 27.1. The maximum Gasteiger partial charge on any atom is 0.225 e. The van der Waals surface area contributed by atoms with Gasteiger partial charge in [-0.2, -0.15) is 4.31 Å². The summed E-state index contributed by atoms with van der Waals surface area (Å²) in [5, 5.41) is 3.25. The third kappa shape index (κ3) is 2.41. The lowest BCUT2D eigenvalue weighted by Gasteiger charge is -2.36. The molecule has 0 bridgehead atoms. The number of nitrogens with zero attached hydrogens (tertiary/aromatic N) is 2. The van der Waals surface area contributed by atoms with Crippen LogP contribution in [0.4, 0.5) is 0 Å². The van der Waals surface area contributed by atoms with Crippen LogP contribution in [0.5, 0.6) is 0 Å². The highest BCUT2D eigenvalue weighted by atomic mass is 32.2. The van der Waals surface area contributed by atoms with Gasteiger partial charge < -0.3 is 5.32 Å². The van der Waals surface area contributed by atoms with E-state index >= 15 is 0 Å². The van der Waals surface area contributed by atoms with Gasteiger partial charge in [0, 0.05) is 25.8 Å². The first-order valence-corrected chi connectivity index (χ1v) is 8.79. The van der Waals surface area contributed by atoms with Gasteiger partial charge in [-0.3, -0.25) is 4.99 Å². The summed E-state index contributed by atoms with van der Waals surface area (Å²) in [5.74, 6) is 0. The van der Waals surface area contributed by atoms with Gasteiger partial charge in [-0.25, -0.2) is 8.42 Å². The lowest BCUT2D eigenvalue weighted by atomic mass is 9.93. The molecular formula is C15H21N3O2S. The Labute approximate surface area is 126 Å². The van der Waals surface area contributed by atoms with Crippen LogP contribution in [-0.2, 0) is 14.8 Å². The van der Waals surface area contributed by atoms with E-state index in [1.807, 2.05) is 24.3 Å². The van der Waals surface area contributed by atoms with Crippen LogP contribution >= 0.6 is 0 Å². The van der Waals surface area contributed by atoms with Crippen molar-refractivity contribution in [2.24, 2.45) is 4.99 Å². The van der Waals surface area contributed by atoms with Gasteiger partial charge in [0.1, 0.15) is 4.75 Å². The van der Waals surface area contributed by atoms with Crippen LogP contribution < -0.4 is 5.32 Å². The number of aliphatic imine (C=N–C) groups is 1. The molecule has 2 aliphatic rings. The number of nitrogens with one attached hydrogen (secondary N) is 1. The van der Waals surface area contributed by atoms with E-state index in [-0.39, 0.29) is 6.54 Å². The monoisotopic (exact) mass is 307 g/mol. The van der Waals surface area contributed by atoms with E-state index < -0.39 is 14.8 Å². The number of hydrogen-bond acceptors (Lipinski definition) is 4. The Bertz CT molecular complexity index is 649. The zero-order valence-corrected chi connectivity index (χ0v) is 13.1. The molecule has 0 aliphatic carbocycles. The average molecular weight is 307 g/mol. The van der Waals surface area contributed by atoms with E-state index in [2.05, 4.69) is 10.3 Å². The summed E-state index contributed by atoms with van der Waals surface area (Å²) >= 11 is 0. The molecule has 1 atom stereocenters. The highest BCUT2D eigenvalue weighted by Gasteiger charge is 2.46. The van der Waals surface area contributed by atoms with Crippen molar-refractivity contribution in [1.29, 1.82) is 0 Å². The van der Waals surface area contributed by atoms with Crippen LogP contribution in [0.1, 0.15) is 24.5 Å². The summed E-state index contributed by atoms with van der Waals surface area (Å²) in [5.41, 5.74) is 1.76. The molecule has 0 saturated carbocycles. The van der Waals surface area contributed by atoms with Gasteiger partial charge >= 0.3 is 0 Å². The molecule has 0 aromatic heterocycles. The molecule has 3 rings (SSSR count). The van der Waals surface area contributed by atoms with E-state index in [1.54, 1.807) is 17.4 Å². The molecular weight excluding hydrogens is 286 g/mol. The van der Waals surface area contributed by atoms with Crippen LogP contribution in [0, 0.1) is 0 Å². The molecule has 1 aromatic carbocycles. The van der Waals surface area contributed by atoms with Crippen molar-refractivity contribution in [1.82, 2.24) is 9.62 Å². The summed E-state index contributed by atoms with van der Waals surface area (Å²) in [6, 6.07) is 7.65. The molecule has 0 spiro atoms. The molecule has 0 radical (unpaired) electrons. The minimum atomic E-state index is -3.44. The molecule has 21 heavy (non-hydrogen) atoms. The van der Waals surface area contributed by atoms with Gasteiger partial charge in [0.05, 0.1) is 6.54 Å². The van der Waals surface area contributed by atoms with Gasteiger partial charge in [-0.05, 0) is 31.0 Å². The molecule has 6 heteroatoms. The van der Waals surface area contributed by atoms with Gasteiger partial charge in [-0.15, -0.1) is 0 Å². The predicted octanol–water partition coefficient (Wildman–Crippen LogP) is 0.959. The van der Waals surface area contributed by atoms with E-state index in [9.17, 15) is 8.42 Å². The Morgan fingerprint density at radius 3 is 2.90 bits per heavy atom. The maximum absolute atomic E-state index is 13.2. The van der Waals surface area contributed by atoms with E-state index in [1.165, 1.54) is 0 Å². The van der Waals surface area contributed by atoms with Crippen molar-refractivity contribution in [3.8, 4) is 0 Å². The highest BCUT2D eigenvalue weighted by molar-refractivity contribution is 7.90. The number of fused-ring (bicyclic) bond motifs is 1. The molecule has 5 nitrogen and oxygen atoms in total. The zero-order chi connectivity index (χ0) is 14.9. The van der Waals surface area contributed by atoms with Gasteiger partial charge in [0.2, 0.25) is 10.0 Å². The largest absolute Gasteiger partial charge is 0.315 e. The van der Waals surface area contributed by atoms with Crippen LogP contribution in [-0.4, -0.2) is 51.7 Å². The summed E-state index contributed by atoms with van der Waals surface area (Å²) in [6.07, 6.45) is 2.62. The lowest BCUT2D eigenvalue weighted by Crippen LogP contribution is -2.49. The van der Waals surface area contributed by atoms with Gasteiger partial charge in [0.15, 0.2) is 0 Å². The summed E-state index contributed by atoms with van der Waals surface area (Å²) in [7, 11) is -3.44. The Hall–Kier alpha value is -1.24. The second-order valence-corrected chi connectivity index (χ2v) is 8.16. The first-order chi connectivity index (χ1) is 10.1. The fourth-order valence-electron chi connectivity index (χ4n) is 3.06. The maximum atomic E-state index is 13.2. The Morgan fingerprint density at radius 2 is 2.05 bits per heavy atom. The molecule has 0 amide bonds. The highest BCUT2D eigenvalue weighted by Crippen LogP contribution is 2.37. The number of benzene rings is 1. The van der Waals surface area contributed by atoms with Crippen LogP contribution in [0.15, 0.2) is 29.3 Å². The molecule has 1 aromatic rings. The average Bonchev–Trinajstić information content (AvgIpc) is 2.77. The predicted molar refractivity (Wildman–Crippen MR) is 84.2 cm³/mol. The van der Waals surface area contributed by atoms with Crippen molar-refractivity contribution in [3.05, 3.63) is 35.4 Å². The fourth-order valence-corrected chi connectivity index (χ4v) is 5.03. The molecule has 114 valence electrons. The third-order valence-corrected chi connectivity index (χ3v) is 6.89. The van der Waals surface area contributed by atoms with E-state index in [0.29, 0.717) is 19.6 Å². The SMILES string of the molecule is CC1(S(=O)(=O)N2CCCNCC2)CN=Cc2ccccc21. The molecule has 1 unspecified atom stereocenters. The van der Waals surface area contributed by atoms with Crippen LogP contribution in [0.25, 0.3) is 0 Å². The standard InChI is InChI=1S/C15H21N3O2S/c1-15(12-17-11-13-5-2-3-6-14(13)15)21(19,20)18-9-4-7-16-8-10-18/h2-3,5-6,11,16H,4,7-10,12H2,1H3. The first-order valence-electron chi connectivity index (χ1n) is 7.35. The Balaban J connectivity index is 2.03. The van der Waals surface area contributed by atoms with Crippen molar-refractivity contribution in [2.45, 2.75) is 18.1 Å². The third-order valence-electron chi connectivity index (χ3n) is 4.36. The van der Waals surface area contributed by atoms with Crippen LogP contribution in [0.3, 0.4) is 0 Å². The van der Waals surface area contributed by atoms with Crippen molar-refractivity contribution in [2.75, 3.05) is 32.7 Å². The van der Waals surface area contributed by atoms with E-state index in [4.69, 9.17) is 0 Å². The number of sulfonamides is 1. The topological polar surface area (TPSA) is 61.8 Å². The molecule has 1 N–H and O–H groups in total. The van der Waals surface area contributed by atoms with E-state index in [0.717, 1.165) is 24.1 Å². The van der Waals surface area contributed by atoms with Crippen molar-refractivity contribution in [3.63, 3.8) is 0 Å². The lowest BCUT2D eigenvalue weighted by molar-refractivity contribution is 0.404. The van der Waals surface area contributed by atoms with Crippen molar-refractivity contribution < 1.29 is 8.42 Å². The summed E-state index contributed by atoms with van der Waals surface area (Å²) in [6.45, 7) is 4.78. The van der Waals surface area contributed by atoms with Crippen molar-refractivity contribution >= 4 is 16.2 Å². The Morgan fingerprint density at radius 1 is 1.24 bits per heavy atom. The smallest absolute Gasteiger partial charge is 0.225 e. The first kappa shape index (κ1) is 14.7. The number of hydrogen-bond donors (Lipinski definition) is 1. The van der Waals surface area contributed by atoms with Gasteiger partial charge in [-0.1, -0.05) is 24.3 Å². The Kier molecular flexibility index (Phi) is 3.86. The normalized spacial score (nSPS) is 27.1. The minimum Gasteiger partial charge on any atom is -0.315 e. The second kappa shape index (κ2) is 5.51. The molecule has 2 aliphatic heterocycles. The van der Waals surface area contributed by atoms with Crippen LogP contribution in [0.2, 0.25) is 0 Å². The van der Waals surface area contributed by atoms with Gasteiger partial charge in [0.25, 0.3) is 0 Å². The minimum absolute atomic E-state index is 0.288. The fraction of sp³-hybridized carbons (Fsp3) is 0.533. The molecule has 1 fully saturated rings. The second-order valence-electron chi connectivity index (χ2n) is 5.80. The molecule has 1 saturated heterocycles. The quantitative estimate of drug-likeness (QED) is 0.885. The zero-order valence-electron chi connectivity index (χ0n) is 12.2. The molecule has 2 heterocycles.